The Labute approximate surface area is 164 Å². The number of anilines is 1. The molecule has 7 heteroatoms. The first-order valence-electron chi connectivity index (χ1n) is 9.81. The van der Waals surface area contributed by atoms with E-state index in [9.17, 15) is 9.90 Å². The average Bonchev–Trinajstić information content (AvgIpc) is 3.27. The molecule has 0 bridgehead atoms. The zero-order valence-corrected chi connectivity index (χ0v) is 16.6. The van der Waals surface area contributed by atoms with E-state index in [1.165, 1.54) is 5.56 Å². The Balaban J connectivity index is 1.77. The summed E-state index contributed by atoms with van der Waals surface area (Å²) < 4.78 is 3.43. The number of hydrogen-bond donors (Lipinski definition) is 2. The van der Waals surface area contributed by atoms with Gasteiger partial charge in [-0.25, -0.2) is 14.8 Å². The van der Waals surface area contributed by atoms with Crippen LogP contribution in [0.15, 0.2) is 35.1 Å². The molecule has 3 aliphatic rings. The average molecular weight is 381 g/mol. The summed E-state index contributed by atoms with van der Waals surface area (Å²) in [5.41, 5.74) is 1.66. The molecule has 0 aromatic heterocycles. The fourth-order valence-electron chi connectivity index (χ4n) is 3.70. The lowest BCUT2D eigenvalue weighted by atomic mass is 9.96. The van der Waals surface area contributed by atoms with Crippen molar-refractivity contribution in [1.82, 2.24) is 19.1 Å². The minimum absolute atomic E-state index is 0.0326. The van der Waals surface area contributed by atoms with E-state index in [-0.39, 0.29) is 23.8 Å². The highest BCUT2D eigenvalue weighted by atomic mass is 16.3. The monoisotopic (exact) mass is 381 g/mol. The van der Waals surface area contributed by atoms with Crippen LogP contribution >= 0.6 is 0 Å². The molecule has 0 saturated carbocycles. The lowest BCUT2D eigenvalue weighted by Crippen LogP contribution is -2.32. The highest BCUT2D eigenvalue weighted by molar-refractivity contribution is 5.70. The largest absolute Gasteiger partial charge is 0.396 e. The number of imidazole rings is 1. The maximum Gasteiger partial charge on any atom is 0.331 e. The van der Waals surface area contributed by atoms with E-state index < -0.39 is 0 Å². The smallest absolute Gasteiger partial charge is 0.331 e. The first-order valence-corrected chi connectivity index (χ1v) is 9.81. The van der Waals surface area contributed by atoms with Crippen molar-refractivity contribution in [3.63, 3.8) is 0 Å². The van der Waals surface area contributed by atoms with Gasteiger partial charge in [-0.15, -0.1) is 0 Å². The van der Waals surface area contributed by atoms with Crippen molar-refractivity contribution in [2.45, 2.75) is 58.2 Å². The third-order valence-corrected chi connectivity index (χ3v) is 5.13. The highest BCUT2D eigenvalue weighted by Crippen LogP contribution is 2.33. The lowest BCUT2D eigenvalue weighted by molar-refractivity contribution is 0.278. The van der Waals surface area contributed by atoms with Crippen molar-refractivity contribution in [2.75, 3.05) is 11.9 Å². The van der Waals surface area contributed by atoms with Crippen LogP contribution in [0.4, 0.5) is 5.82 Å². The number of aliphatic hydroxyl groups excluding tert-OH is 1. The molecule has 1 aromatic carbocycles. The van der Waals surface area contributed by atoms with E-state index in [1.807, 2.05) is 18.2 Å². The van der Waals surface area contributed by atoms with Gasteiger partial charge in [-0.3, -0.25) is 9.13 Å². The van der Waals surface area contributed by atoms with Crippen LogP contribution in [0, 0.1) is 0 Å². The fourth-order valence-corrected chi connectivity index (χ4v) is 3.70. The molecule has 1 atom stereocenters. The van der Waals surface area contributed by atoms with E-state index in [4.69, 9.17) is 9.97 Å². The van der Waals surface area contributed by atoms with Gasteiger partial charge in [0.25, 0.3) is 0 Å². The molecule has 148 valence electrons. The molecular weight excluding hydrogens is 354 g/mol. The zero-order chi connectivity index (χ0) is 19.9. The molecule has 2 N–H and O–H groups in total. The van der Waals surface area contributed by atoms with Crippen LogP contribution in [-0.2, 0) is 24.9 Å². The van der Waals surface area contributed by atoms with Crippen molar-refractivity contribution < 1.29 is 5.11 Å². The predicted molar refractivity (Wildman–Crippen MR) is 109 cm³/mol. The molecule has 0 aliphatic carbocycles. The molecule has 7 nitrogen and oxygen atoms in total. The summed E-state index contributed by atoms with van der Waals surface area (Å²) >= 11 is 0. The Hall–Kier alpha value is -2.67. The number of aromatic nitrogens is 4. The summed E-state index contributed by atoms with van der Waals surface area (Å²) in [6.45, 7) is 7.25. The van der Waals surface area contributed by atoms with Crippen molar-refractivity contribution >= 4 is 5.82 Å². The van der Waals surface area contributed by atoms with E-state index in [2.05, 4.69) is 38.2 Å². The van der Waals surface area contributed by atoms with E-state index in [1.54, 1.807) is 9.13 Å². The van der Waals surface area contributed by atoms with Gasteiger partial charge < -0.3 is 10.4 Å². The first kappa shape index (κ1) is 18.7. The third-order valence-electron chi connectivity index (χ3n) is 5.13. The molecule has 28 heavy (non-hydrogen) atoms. The Bertz CT molecular complexity index is 1000. The standard InChI is InChI=1S/C21H27N5O2/c1-21(2,3)19-23-16-17-22-15(12-14-8-5-4-6-9-14)13-26(17)20(28)25(10-7-11-27)18(16)24-19/h4-6,8-9,15,22,27H,7,10-13H2,1-3H3/t15-/m1/s1. The van der Waals surface area contributed by atoms with Crippen molar-refractivity contribution in [3.8, 4) is 11.5 Å². The van der Waals surface area contributed by atoms with Crippen LogP contribution < -0.4 is 11.0 Å². The summed E-state index contributed by atoms with van der Waals surface area (Å²) in [6.07, 6.45) is 1.34. The quantitative estimate of drug-likeness (QED) is 0.708. The number of fused-ring (bicyclic) bond motifs is 3. The SMILES string of the molecule is CC(C)(C)c1nc2c3n(c(=O)n(CCCO)c-2n1)C[C@@H](Cc1ccccc1)N3. The van der Waals surface area contributed by atoms with Crippen LogP contribution in [0.5, 0.6) is 0 Å². The molecule has 3 aliphatic heterocycles. The Morgan fingerprint density at radius 2 is 1.96 bits per heavy atom. The van der Waals surface area contributed by atoms with Gasteiger partial charge in [0.05, 0.1) is 0 Å². The van der Waals surface area contributed by atoms with Gasteiger partial charge in [-0.05, 0) is 18.4 Å². The van der Waals surface area contributed by atoms with Gasteiger partial charge in [0.1, 0.15) is 17.3 Å². The summed E-state index contributed by atoms with van der Waals surface area (Å²) in [6, 6.07) is 10.4. The summed E-state index contributed by atoms with van der Waals surface area (Å²) in [5.74, 6) is 2.08. The van der Waals surface area contributed by atoms with Crippen LogP contribution in [0.1, 0.15) is 38.6 Å². The third kappa shape index (κ3) is 3.30. The van der Waals surface area contributed by atoms with Gasteiger partial charge >= 0.3 is 5.69 Å². The van der Waals surface area contributed by atoms with Crippen molar-refractivity contribution in [2.24, 2.45) is 0 Å². The van der Waals surface area contributed by atoms with Crippen LogP contribution in [0.3, 0.4) is 0 Å². The maximum absolute atomic E-state index is 13.2. The van der Waals surface area contributed by atoms with Crippen molar-refractivity contribution in [1.29, 1.82) is 0 Å². The Morgan fingerprint density at radius 3 is 2.64 bits per heavy atom. The molecule has 0 unspecified atom stereocenters. The minimum Gasteiger partial charge on any atom is -0.396 e. The molecular formula is C21H27N5O2. The number of rotatable bonds is 5. The second-order valence-electron chi connectivity index (χ2n) is 8.47. The number of nitrogens with zero attached hydrogens (tertiary/aromatic N) is 4. The molecule has 0 radical (unpaired) electrons. The molecule has 0 amide bonds. The van der Waals surface area contributed by atoms with E-state index in [0.717, 1.165) is 23.8 Å². The number of benzene rings is 1. The Morgan fingerprint density at radius 1 is 1.21 bits per heavy atom. The topological polar surface area (TPSA) is 85.0 Å². The Kier molecular flexibility index (Phi) is 4.71. The lowest BCUT2D eigenvalue weighted by Gasteiger charge is -2.14. The van der Waals surface area contributed by atoms with Crippen LogP contribution in [0.2, 0.25) is 0 Å². The predicted octanol–water partition coefficient (Wildman–Crippen LogP) is 2.26. The van der Waals surface area contributed by atoms with Gasteiger partial charge in [-0.1, -0.05) is 51.1 Å². The zero-order valence-electron chi connectivity index (χ0n) is 16.6. The number of aliphatic hydroxyl groups is 1. The first-order chi connectivity index (χ1) is 13.4. The molecule has 0 spiro atoms. The van der Waals surface area contributed by atoms with Gasteiger partial charge in [0.2, 0.25) is 0 Å². The molecule has 3 heterocycles. The summed E-state index contributed by atoms with van der Waals surface area (Å²) in [5, 5.41) is 12.8. The highest BCUT2D eigenvalue weighted by Gasteiger charge is 2.33. The van der Waals surface area contributed by atoms with Gasteiger partial charge in [-0.2, -0.15) is 0 Å². The van der Waals surface area contributed by atoms with Crippen molar-refractivity contribution in [3.05, 3.63) is 52.2 Å². The molecule has 4 rings (SSSR count). The summed E-state index contributed by atoms with van der Waals surface area (Å²) in [7, 11) is 0. The van der Waals surface area contributed by atoms with Gasteiger partial charge in [0.15, 0.2) is 5.82 Å². The van der Waals surface area contributed by atoms with Crippen LogP contribution in [-0.4, -0.2) is 36.9 Å². The normalized spacial score (nSPS) is 16.4. The molecule has 1 aromatic rings. The minimum atomic E-state index is -0.212. The van der Waals surface area contributed by atoms with E-state index >= 15 is 0 Å². The number of nitrogens with one attached hydrogen (secondary N) is 1. The fraction of sp³-hybridized carbons (Fsp3) is 0.476. The van der Waals surface area contributed by atoms with E-state index in [0.29, 0.717) is 25.3 Å². The molecule has 0 fully saturated rings. The van der Waals surface area contributed by atoms with Crippen LogP contribution in [0.25, 0.3) is 11.5 Å². The second kappa shape index (κ2) is 7.05. The number of hydrogen-bond acceptors (Lipinski definition) is 5. The van der Waals surface area contributed by atoms with Gasteiger partial charge in [0, 0.05) is 31.2 Å². The molecule has 0 saturated heterocycles. The summed E-state index contributed by atoms with van der Waals surface area (Å²) in [4.78, 5) is 22.7. The maximum atomic E-state index is 13.2. The second-order valence-corrected chi connectivity index (χ2v) is 8.47.